The normalized spacial score (nSPS) is 10.5. The van der Waals surface area contributed by atoms with Gasteiger partial charge in [-0.15, -0.1) is 0 Å². The third-order valence-electron chi connectivity index (χ3n) is 3.12. The van der Waals surface area contributed by atoms with Crippen LogP contribution in [0.2, 0.25) is 0 Å². The van der Waals surface area contributed by atoms with Gasteiger partial charge in [-0.3, -0.25) is 19.2 Å². The van der Waals surface area contributed by atoms with Gasteiger partial charge in [0.1, 0.15) is 0 Å². The van der Waals surface area contributed by atoms with E-state index in [1.54, 1.807) is 0 Å². The molecule has 0 aliphatic carbocycles. The van der Waals surface area contributed by atoms with Crippen molar-refractivity contribution in [2.45, 2.75) is 25.7 Å². The highest BCUT2D eigenvalue weighted by Gasteiger charge is 2.48. The maximum atomic E-state index is 12.0. The van der Waals surface area contributed by atoms with E-state index in [1.807, 2.05) is 0 Å². The first-order valence-electron chi connectivity index (χ1n) is 6.18. The number of methoxy groups -OCH3 is 4. The highest BCUT2D eigenvalue weighted by molar-refractivity contribution is 6.00. The molecule has 0 aromatic heterocycles. The Morgan fingerprint density at radius 1 is 0.667 bits per heavy atom. The first kappa shape index (κ1) is 18.9. The van der Waals surface area contributed by atoms with E-state index in [0.29, 0.717) is 0 Å². The Morgan fingerprint density at radius 2 is 1.00 bits per heavy atom. The maximum Gasteiger partial charge on any atom is 0.323 e. The molecule has 0 bridgehead atoms. The minimum atomic E-state index is -1.74. The minimum absolute atomic E-state index is 0.185. The predicted octanol–water partition coefficient (Wildman–Crippen LogP) is 0.225. The summed E-state index contributed by atoms with van der Waals surface area (Å²) in [6.45, 7) is 0. The van der Waals surface area contributed by atoms with Crippen molar-refractivity contribution in [2.24, 2.45) is 5.41 Å². The zero-order chi connectivity index (χ0) is 16.5. The zero-order valence-electron chi connectivity index (χ0n) is 12.6. The van der Waals surface area contributed by atoms with Crippen LogP contribution in [0.3, 0.4) is 0 Å². The molecule has 0 aliphatic heterocycles. The summed E-state index contributed by atoms with van der Waals surface area (Å²) in [6, 6.07) is 0. The summed E-state index contributed by atoms with van der Waals surface area (Å²) in [5.41, 5.74) is -1.74. The number of carbonyl (C=O) groups is 4. The van der Waals surface area contributed by atoms with Gasteiger partial charge < -0.3 is 18.9 Å². The molecule has 0 aliphatic rings. The van der Waals surface area contributed by atoms with Crippen LogP contribution in [-0.4, -0.2) is 52.3 Å². The van der Waals surface area contributed by atoms with Gasteiger partial charge in [-0.2, -0.15) is 0 Å². The van der Waals surface area contributed by atoms with Crippen molar-refractivity contribution in [2.75, 3.05) is 28.4 Å². The molecule has 0 spiro atoms. The van der Waals surface area contributed by atoms with Crippen molar-refractivity contribution in [1.29, 1.82) is 0 Å². The summed E-state index contributed by atoms with van der Waals surface area (Å²) in [5.74, 6) is -2.93. The average molecular weight is 304 g/mol. The van der Waals surface area contributed by atoms with E-state index in [1.165, 1.54) is 14.2 Å². The highest BCUT2D eigenvalue weighted by Crippen LogP contribution is 2.33. The number of hydrogen-bond acceptors (Lipinski definition) is 8. The molecule has 0 N–H and O–H groups in total. The Kier molecular flexibility index (Phi) is 8.03. The topological polar surface area (TPSA) is 105 Å². The predicted molar refractivity (Wildman–Crippen MR) is 69.0 cm³/mol. The van der Waals surface area contributed by atoms with Crippen LogP contribution in [0.1, 0.15) is 25.7 Å². The van der Waals surface area contributed by atoms with Crippen LogP contribution in [0.4, 0.5) is 0 Å². The molecule has 120 valence electrons. The van der Waals surface area contributed by atoms with E-state index in [2.05, 4.69) is 18.9 Å². The molecule has 0 aromatic carbocycles. The lowest BCUT2D eigenvalue weighted by Gasteiger charge is -2.27. The van der Waals surface area contributed by atoms with Gasteiger partial charge in [-0.25, -0.2) is 0 Å². The van der Waals surface area contributed by atoms with E-state index in [9.17, 15) is 19.2 Å². The summed E-state index contributed by atoms with van der Waals surface area (Å²) >= 11 is 0. The second-order valence-electron chi connectivity index (χ2n) is 4.22. The molecule has 0 radical (unpaired) electrons. The van der Waals surface area contributed by atoms with Gasteiger partial charge in [0, 0.05) is 12.8 Å². The Balaban J connectivity index is 5.31. The summed E-state index contributed by atoms with van der Waals surface area (Å²) in [5, 5.41) is 0. The van der Waals surface area contributed by atoms with Gasteiger partial charge in [0.05, 0.1) is 28.4 Å². The van der Waals surface area contributed by atoms with Gasteiger partial charge in [0.25, 0.3) is 0 Å². The standard InChI is InChI=1S/C13H20O8/c1-18-9(14)5-7-13(11(16)20-3,12(17)21-4)8-6-10(15)19-2/h5-8H2,1-4H3. The van der Waals surface area contributed by atoms with E-state index in [0.717, 1.165) is 14.2 Å². The van der Waals surface area contributed by atoms with Crippen molar-refractivity contribution < 1.29 is 38.1 Å². The van der Waals surface area contributed by atoms with Gasteiger partial charge >= 0.3 is 23.9 Å². The van der Waals surface area contributed by atoms with E-state index in [4.69, 9.17) is 0 Å². The van der Waals surface area contributed by atoms with E-state index in [-0.39, 0.29) is 25.7 Å². The third-order valence-corrected chi connectivity index (χ3v) is 3.12. The number of esters is 4. The van der Waals surface area contributed by atoms with Crippen LogP contribution in [0.5, 0.6) is 0 Å². The fourth-order valence-electron chi connectivity index (χ4n) is 1.84. The van der Waals surface area contributed by atoms with Crippen molar-refractivity contribution >= 4 is 23.9 Å². The fraction of sp³-hybridized carbons (Fsp3) is 0.692. The summed E-state index contributed by atoms with van der Waals surface area (Å²) in [7, 11) is 4.59. The quantitative estimate of drug-likeness (QED) is 0.356. The Morgan fingerprint density at radius 3 is 1.24 bits per heavy atom. The van der Waals surface area contributed by atoms with Gasteiger partial charge in [-0.1, -0.05) is 0 Å². The Hall–Kier alpha value is -2.12. The lowest BCUT2D eigenvalue weighted by atomic mass is 9.78. The SMILES string of the molecule is COC(=O)CCC(CCC(=O)OC)(C(=O)OC)C(=O)OC. The van der Waals surface area contributed by atoms with Crippen LogP contribution >= 0.6 is 0 Å². The van der Waals surface area contributed by atoms with Crippen molar-refractivity contribution in [1.82, 2.24) is 0 Å². The van der Waals surface area contributed by atoms with Crippen molar-refractivity contribution in [3.8, 4) is 0 Å². The number of hydrogen-bond donors (Lipinski definition) is 0. The van der Waals surface area contributed by atoms with E-state index >= 15 is 0 Å². The van der Waals surface area contributed by atoms with Crippen LogP contribution in [0.25, 0.3) is 0 Å². The first-order valence-corrected chi connectivity index (χ1v) is 6.18. The van der Waals surface area contributed by atoms with Crippen LogP contribution in [0, 0.1) is 5.41 Å². The third kappa shape index (κ3) is 5.05. The first-order chi connectivity index (χ1) is 9.87. The molecule has 0 saturated carbocycles. The van der Waals surface area contributed by atoms with Crippen LogP contribution < -0.4 is 0 Å². The fourth-order valence-corrected chi connectivity index (χ4v) is 1.84. The lowest BCUT2D eigenvalue weighted by molar-refractivity contribution is -0.171. The van der Waals surface area contributed by atoms with Crippen LogP contribution in [-0.2, 0) is 38.1 Å². The van der Waals surface area contributed by atoms with Crippen LogP contribution in [0.15, 0.2) is 0 Å². The van der Waals surface area contributed by atoms with Crippen molar-refractivity contribution in [3.05, 3.63) is 0 Å². The van der Waals surface area contributed by atoms with E-state index < -0.39 is 29.3 Å². The summed E-state index contributed by atoms with van der Waals surface area (Å²) in [4.78, 5) is 46.5. The molecule has 0 rings (SSSR count). The summed E-state index contributed by atoms with van der Waals surface area (Å²) < 4.78 is 18.2. The monoisotopic (exact) mass is 304 g/mol. The molecule has 21 heavy (non-hydrogen) atoms. The van der Waals surface area contributed by atoms with Gasteiger partial charge in [0.15, 0.2) is 5.41 Å². The highest BCUT2D eigenvalue weighted by atomic mass is 16.5. The molecule has 8 nitrogen and oxygen atoms in total. The number of rotatable bonds is 8. The second kappa shape index (κ2) is 8.93. The molecule has 0 aromatic rings. The molecule has 0 fully saturated rings. The number of carbonyl (C=O) groups excluding carboxylic acids is 4. The molecule has 0 atom stereocenters. The number of ether oxygens (including phenoxy) is 4. The lowest BCUT2D eigenvalue weighted by Crippen LogP contribution is -2.42. The molecule has 0 amide bonds. The van der Waals surface area contributed by atoms with Crippen molar-refractivity contribution in [3.63, 3.8) is 0 Å². The maximum absolute atomic E-state index is 12.0. The Bertz CT molecular complexity index is 363. The molecular formula is C13H20O8. The average Bonchev–Trinajstić information content (AvgIpc) is 2.52. The second-order valence-corrected chi connectivity index (χ2v) is 4.22. The smallest absolute Gasteiger partial charge is 0.323 e. The minimum Gasteiger partial charge on any atom is -0.469 e. The molecule has 0 saturated heterocycles. The largest absolute Gasteiger partial charge is 0.469 e. The summed E-state index contributed by atoms with van der Waals surface area (Å²) in [6.07, 6.45) is -0.754. The van der Waals surface area contributed by atoms with Gasteiger partial charge in [-0.05, 0) is 12.8 Å². The molecular weight excluding hydrogens is 284 g/mol. The zero-order valence-corrected chi connectivity index (χ0v) is 12.6. The Labute approximate surface area is 122 Å². The molecule has 8 heteroatoms. The van der Waals surface area contributed by atoms with Gasteiger partial charge in [0.2, 0.25) is 0 Å². The molecule has 0 unspecified atom stereocenters. The molecule has 0 heterocycles.